The number of rotatable bonds is 6. The summed E-state index contributed by atoms with van der Waals surface area (Å²) in [6, 6.07) is 4.97. The molecule has 0 aliphatic carbocycles. The minimum absolute atomic E-state index is 0.0812. The molecule has 2 saturated heterocycles. The maximum atomic E-state index is 13.2. The van der Waals surface area contributed by atoms with Gasteiger partial charge >= 0.3 is 6.18 Å². The van der Waals surface area contributed by atoms with Crippen LogP contribution in [0.2, 0.25) is 5.02 Å². The van der Waals surface area contributed by atoms with E-state index in [4.69, 9.17) is 21.1 Å². The molecule has 2 amide bonds. The number of pyridine rings is 1. The van der Waals surface area contributed by atoms with Crippen LogP contribution in [0.4, 0.5) is 19.1 Å². The van der Waals surface area contributed by atoms with E-state index in [0.29, 0.717) is 68.4 Å². The summed E-state index contributed by atoms with van der Waals surface area (Å²) >= 11 is 6.93. The summed E-state index contributed by atoms with van der Waals surface area (Å²) < 4.78 is 53.1. The zero-order valence-electron chi connectivity index (χ0n) is 22.1. The fraction of sp³-hybridized carbons (Fsp3) is 0.429. The van der Waals surface area contributed by atoms with E-state index >= 15 is 0 Å². The molecular formula is C28H29ClF3N5O4. The molecule has 5 rings (SSSR count). The van der Waals surface area contributed by atoms with Crippen LogP contribution in [0, 0.1) is 0 Å². The van der Waals surface area contributed by atoms with Gasteiger partial charge in [0.15, 0.2) is 0 Å². The molecule has 2 aliphatic rings. The minimum atomic E-state index is -4.71. The number of hydrogen-bond donors (Lipinski definition) is 1. The Morgan fingerprint density at radius 1 is 1.17 bits per heavy atom. The third kappa shape index (κ3) is 6.33. The van der Waals surface area contributed by atoms with Crippen LogP contribution in [0.15, 0.2) is 43.1 Å². The van der Waals surface area contributed by atoms with Crippen molar-refractivity contribution < 1.29 is 32.2 Å². The molecule has 218 valence electrons. The number of ether oxygens (including phenoxy) is 2. The van der Waals surface area contributed by atoms with Crippen LogP contribution >= 0.6 is 11.6 Å². The number of benzene rings is 1. The molecule has 13 heteroatoms. The van der Waals surface area contributed by atoms with Crippen molar-refractivity contribution in [3.8, 4) is 5.75 Å². The number of likely N-dealkylation sites (tertiary alicyclic amines) is 1. The van der Waals surface area contributed by atoms with Crippen molar-refractivity contribution >= 4 is 40.4 Å². The van der Waals surface area contributed by atoms with Crippen LogP contribution < -0.4 is 10.1 Å². The largest absolute Gasteiger partial charge is 0.489 e. The number of amides is 2. The summed E-state index contributed by atoms with van der Waals surface area (Å²) in [4.78, 5) is 35.4. The lowest BCUT2D eigenvalue weighted by Crippen LogP contribution is -2.34. The lowest BCUT2D eigenvalue weighted by atomic mass is 10.1. The number of fused-ring (bicyclic) bond motifs is 1. The van der Waals surface area contributed by atoms with E-state index < -0.39 is 17.8 Å². The second kappa shape index (κ2) is 12.1. The highest BCUT2D eigenvalue weighted by Gasteiger charge is 2.33. The van der Waals surface area contributed by atoms with Crippen LogP contribution in [0.25, 0.3) is 11.0 Å². The molecule has 2 fully saturated rings. The van der Waals surface area contributed by atoms with Gasteiger partial charge in [0.1, 0.15) is 22.6 Å². The topological polar surface area (TPSA) is 98.6 Å². The Morgan fingerprint density at radius 3 is 2.68 bits per heavy atom. The molecule has 0 saturated carbocycles. The number of aromatic nitrogens is 3. The first kappa shape index (κ1) is 28.9. The highest BCUT2D eigenvalue weighted by molar-refractivity contribution is 6.36. The summed E-state index contributed by atoms with van der Waals surface area (Å²) in [5.74, 6) is -0.477. The van der Waals surface area contributed by atoms with Crippen molar-refractivity contribution in [3.63, 3.8) is 0 Å². The van der Waals surface area contributed by atoms with Crippen LogP contribution in [0.1, 0.15) is 54.2 Å². The van der Waals surface area contributed by atoms with Gasteiger partial charge < -0.3 is 18.9 Å². The van der Waals surface area contributed by atoms with Crippen molar-refractivity contribution in [1.82, 2.24) is 19.4 Å². The SMILES string of the molecule is C=CC(=O)N1CCCCC(n2c(NC(=O)c3ccnc(C(F)(F)F)c3)nc3ccc(OC4CCOCC4)c(Cl)c32)C1. The molecule has 1 aromatic carbocycles. The maximum Gasteiger partial charge on any atom is 0.433 e. The zero-order chi connectivity index (χ0) is 29.1. The van der Waals surface area contributed by atoms with E-state index in [1.165, 1.54) is 12.1 Å². The van der Waals surface area contributed by atoms with Gasteiger partial charge in [0.05, 0.1) is 30.3 Å². The van der Waals surface area contributed by atoms with E-state index in [2.05, 4.69) is 21.9 Å². The van der Waals surface area contributed by atoms with Crippen LogP contribution in [-0.2, 0) is 15.7 Å². The lowest BCUT2D eigenvalue weighted by Gasteiger charge is -2.27. The Kier molecular flexibility index (Phi) is 8.50. The first-order chi connectivity index (χ1) is 19.7. The summed E-state index contributed by atoms with van der Waals surface area (Å²) in [6.45, 7) is 5.61. The average molecular weight is 592 g/mol. The first-order valence-corrected chi connectivity index (χ1v) is 13.7. The minimum Gasteiger partial charge on any atom is -0.489 e. The summed E-state index contributed by atoms with van der Waals surface area (Å²) in [5.41, 5.74) is -0.458. The van der Waals surface area contributed by atoms with Gasteiger partial charge in [-0.25, -0.2) is 4.98 Å². The number of carbonyl (C=O) groups is 2. The number of anilines is 1. The second-order valence-electron chi connectivity index (χ2n) is 10.0. The molecule has 2 aromatic heterocycles. The quantitative estimate of drug-likeness (QED) is 0.372. The van der Waals surface area contributed by atoms with Gasteiger partial charge in [-0.05, 0) is 49.6 Å². The van der Waals surface area contributed by atoms with Gasteiger partial charge in [0.2, 0.25) is 11.9 Å². The molecule has 41 heavy (non-hydrogen) atoms. The van der Waals surface area contributed by atoms with Crippen molar-refractivity contribution in [2.75, 3.05) is 31.6 Å². The number of hydrogen-bond acceptors (Lipinski definition) is 6. The van der Waals surface area contributed by atoms with Crippen LogP contribution in [0.5, 0.6) is 5.75 Å². The molecule has 1 N–H and O–H groups in total. The molecule has 1 unspecified atom stereocenters. The van der Waals surface area contributed by atoms with Gasteiger partial charge in [-0.2, -0.15) is 13.2 Å². The molecule has 4 heterocycles. The van der Waals surface area contributed by atoms with Crippen LogP contribution in [0.3, 0.4) is 0 Å². The molecule has 1 atom stereocenters. The second-order valence-corrected chi connectivity index (χ2v) is 10.4. The van der Waals surface area contributed by atoms with E-state index in [1.807, 2.05) is 0 Å². The Morgan fingerprint density at radius 2 is 1.95 bits per heavy atom. The predicted molar refractivity (Wildman–Crippen MR) is 146 cm³/mol. The number of nitrogens with zero attached hydrogens (tertiary/aromatic N) is 4. The van der Waals surface area contributed by atoms with E-state index in [-0.39, 0.29) is 34.6 Å². The fourth-order valence-electron chi connectivity index (χ4n) is 5.20. The van der Waals surface area contributed by atoms with Gasteiger partial charge in [0, 0.05) is 37.7 Å². The Bertz CT molecular complexity index is 1450. The Hall–Kier alpha value is -3.64. The van der Waals surface area contributed by atoms with E-state index in [9.17, 15) is 22.8 Å². The van der Waals surface area contributed by atoms with E-state index in [1.54, 1.807) is 21.6 Å². The van der Waals surface area contributed by atoms with Gasteiger partial charge in [0.25, 0.3) is 5.91 Å². The summed E-state index contributed by atoms with van der Waals surface area (Å²) in [5, 5.41) is 2.97. The van der Waals surface area contributed by atoms with Gasteiger partial charge in [-0.3, -0.25) is 19.9 Å². The smallest absolute Gasteiger partial charge is 0.433 e. The van der Waals surface area contributed by atoms with Gasteiger partial charge in [-0.1, -0.05) is 18.2 Å². The molecular weight excluding hydrogens is 563 g/mol. The van der Waals surface area contributed by atoms with Crippen molar-refractivity contribution in [1.29, 1.82) is 0 Å². The first-order valence-electron chi connectivity index (χ1n) is 13.4. The Balaban J connectivity index is 1.56. The fourth-order valence-corrected chi connectivity index (χ4v) is 5.49. The van der Waals surface area contributed by atoms with Crippen molar-refractivity contribution in [3.05, 3.63) is 59.4 Å². The number of nitrogens with one attached hydrogen (secondary N) is 1. The van der Waals surface area contributed by atoms with E-state index in [0.717, 1.165) is 19.0 Å². The number of halogens is 4. The summed E-state index contributed by atoms with van der Waals surface area (Å²) in [7, 11) is 0. The third-order valence-electron chi connectivity index (χ3n) is 7.25. The molecule has 0 bridgehead atoms. The zero-order valence-corrected chi connectivity index (χ0v) is 22.9. The standard InChI is InChI=1S/C28H29ClF3N5O4/c1-2-23(38)36-12-4-3-5-18(16-36)37-25-20(6-7-21(24(25)29)41-19-9-13-40-14-10-19)34-27(37)35-26(39)17-8-11-33-22(15-17)28(30,31)32/h2,6-8,11,15,18-19H,1,3-5,9-10,12-14,16H2,(H,34,35,39). The molecule has 2 aliphatic heterocycles. The lowest BCUT2D eigenvalue weighted by molar-refractivity contribution is -0.141. The van der Waals surface area contributed by atoms with Gasteiger partial charge in [-0.15, -0.1) is 0 Å². The average Bonchev–Trinajstić information content (AvgIpc) is 3.15. The molecule has 0 radical (unpaired) electrons. The van der Waals surface area contributed by atoms with Crippen molar-refractivity contribution in [2.45, 2.75) is 50.4 Å². The highest BCUT2D eigenvalue weighted by atomic mass is 35.5. The number of alkyl halides is 3. The monoisotopic (exact) mass is 591 g/mol. The Labute approximate surface area is 239 Å². The third-order valence-corrected chi connectivity index (χ3v) is 7.62. The van der Waals surface area contributed by atoms with Crippen LogP contribution in [-0.4, -0.2) is 63.7 Å². The number of carbonyl (C=O) groups excluding carboxylic acids is 2. The normalized spacial score (nSPS) is 18.6. The predicted octanol–water partition coefficient (Wildman–Crippen LogP) is 5.65. The summed E-state index contributed by atoms with van der Waals surface area (Å²) in [6.07, 6.45) is 1.02. The maximum absolute atomic E-state index is 13.2. The number of imidazole rings is 1. The molecule has 9 nitrogen and oxygen atoms in total. The highest BCUT2D eigenvalue weighted by Crippen LogP contribution is 2.39. The molecule has 0 spiro atoms. The van der Waals surface area contributed by atoms with Crippen molar-refractivity contribution in [2.24, 2.45) is 0 Å². The molecule has 3 aromatic rings.